The first-order valence-electron chi connectivity index (χ1n) is 8.66. The Morgan fingerprint density at radius 3 is 2.77 bits per heavy atom. The molecule has 0 radical (unpaired) electrons. The zero-order chi connectivity index (χ0) is 18.2. The van der Waals surface area contributed by atoms with Gasteiger partial charge >= 0.3 is 0 Å². The lowest BCUT2D eigenvalue weighted by Crippen LogP contribution is -2.36. The molecule has 0 amide bonds. The molecule has 136 valence electrons. The highest BCUT2D eigenvalue weighted by Gasteiger charge is 2.09. The molecule has 0 bridgehead atoms. The van der Waals surface area contributed by atoms with Crippen LogP contribution >= 0.6 is 11.3 Å². The number of hydrogen-bond acceptors (Lipinski definition) is 5. The first-order chi connectivity index (χ1) is 12.8. The highest BCUT2D eigenvalue weighted by molar-refractivity contribution is 7.07. The molecule has 2 aromatic heterocycles. The molecule has 0 saturated heterocycles. The summed E-state index contributed by atoms with van der Waals surface area (Å²) in [6.45, 7) is 3.51. The van der Waals surface area contributed by atoms with E-state index >= 15 is 0 Å². The number of guanidine groups is 1. The average molecular weight is 369 g/mol. The Morgan fingerprint density at radius 1 is 1.19 bits per heavy atom. The zero-order valence-electron chi connectivity index (χ0n) is 15.0. The normalized spacial score (nSPS) is 11.5. The number of hydrogen-bond donors (Lipinski definition) is 2. The van der Waals surface area contributed by atoms with Crippen molar-refractivity contribution in [2.45, 2.75) is 32.9 Å². The third kappa shape index (κ3) is 4.92. The lowest BCUT2D eigenvalue weighted by Gasteiger charge is -2.11. The van der Waals surface area contributed by atoms with E-state index in [1.54, 1.807) is 18.4 Å². The third-order valence-corrected chi connectivity index (χ3v) is 4.57. The molecule has 0 aliphatic rings. The molecular formula is C19H23N5OS. The van der Waals surface area contributed by atoms with E-state index < -0.39 is 0 Å². The summed E-state index contributed by atoms with van der Waals surface area (Å²) in [5, 5.41) is 14.9. The van der Waals surface area contributed by atoms with Crippen molar-refractivity contribution in [3.05, 3.63) is 58.0 Å². The summed E-state index contributed by atoms with van der Waals surface area (Å²) in [4.78, 5) is 8.71. The van der Waals surface area contributed by atoms with E-state index in [0.717, 1.165) is 42.3 Å². The molecule has 1 aromatic carbocycles. The Labute approximate surface area is 157 Å². The second-order valence-electron chi connectivity index (χ2n) is 5.88. The minimum Gasteiger partial charge on any atom is -0.352 e. The van der Waals surface area contributed by atoms with Crippen molar-refractivity contribution >= 4 is 17.3 Å². The number of aromatic nitrogens is 2. The molecule has 7 heteroatoms. The first kappa shape index (κ1) is 18.1. The summed E-state index contributed by atoms with van der Waals surface area (Å²) in [5.41, 5.74) is 3.30. The Morgan fingerprint density at radius 2 is 2.04 bits per heavy atom. The van der Waals surface area contributed by atoms with E-state index in [1.807, 2.05) is 12.1 Å². The van der Waals surface area contributed by atoms with Crippen LogP contribution in [0.4, 0.5) is 0 Å². The molecule has 6 nitrogen and oxygen atoms in total. The van der Waals surface area contributed by atoms with E-state index in [-0.39, 0.29) is 0 Å². The quantitative estimate of drug-likeness (QED) is 0.491. The fraction of sp³-hybridized carbons (Fsp3) is 0.316. The number of nitrogens with one attached hydrogen (secondary N) is 2. The first-order valence-corrected chi connectivity index (χ1v) is 9.60. The molecule has 0 saturated carbocycles. The molecule has 0 spiro atoms. The maximum atomic E-state index is 5.37. The van der Waals surface area contributed by atoms with E-state index in [0.29, 0.717) is 12.4 Å². The minimum atomic E-state index is 0.565. The van der Waals surface area contributed by atoms with Crippen LogP contribution in [-0.2, 0) is 19.5 Å². The molecule has 26 heavy (non-hydrogen) atoms. The SMILES string of the molecule is CCCc1noc(-c2cccc(CNC(=NC)NCc3ccsc3)c2)n1. The van der Waals surface area contributed by atoms with Gasteiger partial charge in [0.1, 0.15) is 0 Å². The predicted molar refractivity (Wildman–Crippen MR) is 105 cm³/mol. The molecule has 0 atom stereocenters. The second-order valence-corrected chi connectivity index (χ2v) is 6.66. The average Bonchev–Trinajstić information content (AvgIpc) is 3.34. The molecule has 0 aliphatic heterocycles. The van der Waals surface area contributed by atoms with Crippen LogP contribution in [0.5, 0.6) is 0 Å². The van der Waals surface area contributed by atoms with Crippen LogP contribution in [0, 0.1) is 0 Å². The van der Waals surface area contributed by atoms with Gasteiger partial charge in [-0.2, -0.15) is 16.3 Å². The van der Waals surface area contributed by atoms with Crippen LogP contribution in [0.25, 0.3) is 11.5 Å². The van der Waals surface area contributed by atoms with Gasteiger partial charge in [0.25, 0.3) is 5.89 Å². The highest BCUT2D eigenvalue weighted by Crippen LogP contribution is 2.19. The van der Waals surface area contributed by atoms with Gasteiger partial charge in [-0.15, -0.1) is 0 Å². The number of rotatable bonds is 7. The van der Waals surface area contributed by atoms with Gasteiger partial charge in [0.2, 0.25) is 0 Å². The summed E-state index contributed by atoms with van der Waals surface area (Å²) < 4.78 is 5.37. The largest absolute Gasteiger partial charge is 0.352 e. The fourth-order valence-corrected chi connectivity index (χ4v) is 3.16. The molecule has 0 aliphatic carbocycles. The Balaban J connectivity index is 1.59. The molecule has 3 aromatic rings. The number of benzene rings is 1. The summed E-state index contributed by atoms with van der Waals surface area (Å²) in [5.74, 6) is 2.09. The molecule has 0 unspecified atom stereocenters. The molecule has 3 rings (SSSR count). The van der Waals surface area contributed by atoms with E-state index in [4.69, 9.17) is 4.52 Å². The lowest BCUT2D eigenvalue weighted by atomic mass is 10.1. The van der Waals surface area contributed by atoms with E-state index in [9.17, 15) is 0 Å². The zero-order valence-corrected chi connectivity index (χ0v) is 15.8. The number of aryl methyl sites for hydroxylation is 1. The second kappa shape index (κ2) is 9.15. The lowest BCUT2D eigenvalue weighted by molar-refractivity contribution is 0.422. The van der Waals surface area contributed by atoms with Crippen LogP contribution in [0.3, 0.4) is 0 Å². The van der Waals surface area contributed by atoms with Gasteiger partial charge < -0.3 is 15.2 Å². The maximum Gasteiger partial charge on any atom is 0.257 e. The van der Waals surface area contributed by atoms with Gasteiger partial charge in [-0.1, -0.05) is 24.2 Å². The van der Waals surface area contributed by atoms with Gasteiger partial charge in [-0.25, -0.2) is 0 Å². The Kier molecular flexibility index (Phi) is 6.38. The van der Waals surface area contributed by atoms with Gasteiger partial charge in [0.15, 0.2) is 11.8 Å². The van der Waals surface area contributed by atoms with Gasteiger partial charge in [-0.3, -0.25) is 4.99 Å². The monoisotopic (exact) mass is 369 g/mol. The van der Waals surface area contributed by atoms with Crippen molar-refractivity contribution < 1.29 is 4.52 Å². The summed E-state index contributed by atoms with van der Waals surface area (Å²) in [6.07, 6.45) is 1.83. The smallest absolute Gasteiger partial charge is 0.257 e. The standard InChI is InChI=1S/C19H23N5OS/c1-3-5-17-23-18(25-24-17)16-7-4-6-14(10-16)11-21-19(20-2)22-12-15-8-9-26-13-15/h4,6-10,13H,3,5,11-12H2,1-2H3,(H2,20,21,22). The summed E-state index contributed by atoms with van der Waals surface area (Å²) in [7, 11) is 1.77. The van der Waals surface area contributed by atoms with Crippen LogP contribution in [0.1, 0.15) is 30.3 Å². The molecular weight excluding hydrogens is 346 g/mol. The van der Waals surface area contributed by atoms with Crippen molar-refractivity contribution in [2.24, 2.45) is 4.99 Å². The minimum absolute atomic E-state index is 0.565. The predicted octanol–water partition coefficient (Wildman–Crippen LogP) is 3.62. The van der Waals surface area contributed by atoms with E-state index in [2.05, 4.69) is 61.6 Å². The molecule has 2 N–H and O–H groups in total. The number of aliphatic imine (C=N–C) groups is 1. The molecule has 0 fully saturated rings. The van der Waals surface area contributed by atoms with Crippen molar-refractivity contribution in [3.8, 4) is 11.5 Å². The van der Waals surface area contributed by atoms with Gasteiger partial charge in [0, 0.05) is 32.1 Å². The fourth-order valence-electron chi connectivity index (χ4n) is 2.50. The van der Waals surface area contributed by atoms with Crippen molar-refractivity contribution in [3.63, 3.8) is 0 Å². The highest BCUT2D eigenvalue weighted by atomic mass is 32.1. The van der Waals surface area contributed by atoms with Crippen LogP contribution in [0.2, 0.25) is 0 Å². The van der Waals surface area contributed by atoms with Crippen molar-refractivity contribution in [2.75, 3.05) is 7.05 Å². The van der Waals surface area contributed by atoms with E-state index in [1.165, 1.54) is 5.56 Å². The number of thiophene rings is 1. The maximum absolute atomic E-state index is 5.37. The van der Waals surface area contributed by atoms with Crippen molar-refractivity contribution in [1.29, 1.82) is 0 Å². The third-order valence-electron chi connectivity index (χ3n) is 3.84. The van der Waals surface area contributed by atoms with Gasteiger partial charge in [-0.05, 0) is 46.5 Å². The summed E-state index contributed by atoms with van der Waals surface area (Å²) >= 11 is 1.69. The van der Waals surface area contributed by atoms with Crippen LogP contribution in [0.15, 0.2) is 50.6 Å². The number of nitrogens with zero attached hydrogens (tertiary/aromatic N) is 3. The van der Waals surface area contributed by atoms with Crippen molar-refractivity contribution in [1.82, 2.24) is 20.8 Å². The van der Waals surface area contributed by atoms with Crippen LogP contribution < -0.4 is 10.6 Å². The topological polar surface area (TPSA) is 75.3 Å². The molecule has 2 heterocycles. The van der Waals surface area contributed by atoms with Crippen LogP contribution in [-0.4, -0.2) is 23.1 Å². The summed E-state index contributed by atoms with van der Waals surface area (Å²) in [6, 6.07) is 10.2. The Bertz CT molecular complexity index is 841. The Hall–Kier alpha value is -2.67. The van der Waals surface area contributed by atoms with Gasteiger partial charge in [0.05, 0.1) is 0 Å².